The minimum atomic E-state index is -4.76. The first-order valence-electron chi connectivity index (χ1n) is 10.3. The molecule has 33 heavy (non-hydrogen) atoms. The molecular weight excluding hydrogens is 437 g/mol. The number of benzene rings is 1. The topological polar surface area (TPSA) is 69.5 Å². The Morgan fingerprint density at radius 2 is 1.82 bits per heavy atom. The van der Waals surface area contributed by atoms with Crippen molar-refractivity contribution < 1.29 is 27.4 Å². The van der Waals surface area contributed by atoms with Gasteiger partial charge in [-0.15, -0.1) is 13.2 Å². The van der Waals surface area contributed by atoms with Crippen molar-refractivity contribution in [1.82, 2.24) is 19.7 Å². The van der Waals surface area contributed by atoms with Crippen LogP contribution in [-0.4, -0.2) is 50.8 Å². The summed E-state index contributed by atoms with van der Waals surface area (Å²) in [6, 6.07) is 7.18. The van der Waals surface area contributed by atoms with Crippen LogP contribution in [0.25, 0.3) is 28.4 Å². The van der Waals surface area contributed by atoms with Crippen molar-refractivity contribution in [2.45, 2.75) is 38.8 Å². The monoisotopic (exact) mass is 460 g/mol. The highest BCUT2D eigenvalue weighted by Crippen LogP contribution is 2.35. The van der Waals surface area contributed by atoms with Crippen LogP contribution >= 0.6 is 0 Å². The van der Waals surface area contributed by atoms with Crippen LogP contribution in [0.3, 0.4) is 0 Å². The first kappa shape index (κ1) is 22.6. The van der Waals surface area contributed by atoms with Crippen molar-refractivity contribution in [2.24, 2.45) is 0 Å². The van der Waals surface area contributed by atoms with E-state index in [9.17, 15) is 18.0 Å². The van der Waals surface area contributed by atoms with E-state index in [4.69, 9.17) is 9.84 Å². The highest BCUT2D eigenvalue weighted by atomic mass is 19.4. The molecule has 1 aromatic carbocycles. The molecule has 4 rings (SSSR count). The van der Waals surface area contributed by atoms with Crippen molar-refractivity contribution in [3.8, 4) is 17.0 Å². The molecule has 2 aromatic heterocycles. The third-order valence-electron chi connectivity index (χ3n) is 5.06. The first-order valence-corrected chi connectivity index (χ1v) is 10.3. The van der Waals surface area contributed by atoms with E-state index in [0.29, 0.717) is 29.9 Å². The fourth-order valence-electron chi connectivity index (χ4n) is 3.61. The van der Waals surface area contributed by atoms with Crippen molar-refractivity contribution in [2.75, 3.05) is 13.1 Å². The molecule has 0 unspecified atom stereocenters. The highest BCUT2D eigenvalue weighted by molar-refractivity contribution is 5.94. The maximum absolute atomic E-state index is 12.5. The van der Waals surface area contributed by atoms with Crippen LogP contribution in [0.15, 0.2) is 43.1 Å². The van der Waals surface area contributed by atoms with E-state index in [1.807, 2.05) is 26.8 Å². The zero-order valence-corrected chi connectivity index (χ0v) is 18.4. The van der Waals surface area contributed by atoms with Gasteiger partial charge in [0.15, 0.2) is 0 Å². The average molecular weight is 460 g/mol. The Balaban J connectivity index is 1.66. The maximum Gasteiger partial charge on any atom is 0.573 e. The van der Waals surface area contributed by atoms with Gasteiger partial charge in [0.2, 0.25) is 0 Å². The Morgan fingerprint density at radius 3 is 2.39 bits per heavy atom. The summed E-state index contributed by atoms with van der Waals surface area (Å²) in [5.74, 6) is -0.318. The molecule has 1 aliphatic rings. The molecule has 3 heterocycles. The van der Waals surface area contributed by atoms with E-state index in [1.54, 1.807) is 21.9 Å². The summed E-state index contributed by atoms with van der Waals surface area (Å²) < 4.78 is 48.6. The number of nitrogens with zero attached hydrogens (tertiary/aromatic N) is 4. The normalized spacial score (nSPS) is 14.8. The molecule has 0 saturated carbocycles. The Morgan fingerprint density at radius 1 is 1.15 bits per heavy atom. The second-order valence-electron chi connectivity index (χ2n) is 8.71. The largest absolute Gasteiger partial charge is 0.573 e. The van der Waals surface area contributed by atoms with Gasteiger partial charge in [0.05, 0.1) is 11.6 Å². The number of amides is 1. The second kappa shape index (κ2) is 8.09. The fraction of sp³-hybridized carbons (Fsp3) is 0.348. The number of halogens is 3. The van der Waals surface area contributed by atoms with Crippen molar-refractivity contribution >= 4 is 23.2 Å². The van der Waals surface area contributed by atoms with E-state index in [-0.39, 0.29) is 11.8 Å². The van der Waals surface area contributed by atoms with Crippen LogP contribution in [0.1, 0.15) is 32.4 Å². The third kappa shape index (κ3) is 4.79. The summed E-state index contributed by atoms with van der Waals surface area (Å²) in [6.07, 6.45) is -1.83. The SMILES string of the molecule is C=Cc1ccnc2c(-c3ccc(OC(F)(F)F)cc3)nn(C3CN(C(=O)OC(C)(C)C)C3)c12. The van der Waals surface area contributed by atoms with Gasteiger partial charge in [-0.25, -0.2) is 4.79 Å². The van der Waals surface area contributed by atoms with Crippen LogP contribution in [-0.2, 0) is 4.74 Å². The standard InChI is InChI=1S/C23H23F3N4O3/c1-5-14-10-11-27-19-18(15-6-8-17(9-7-15)32-23(24,25)26)28-30(20(14)19)16-12-29(13-16)21(31)33-22(2,3)4/h5-11,16H,1,12-13H2,2-4H3. The molecule has 1 amide bonds. The summed E-state index contributed by atoms with van der Waals surface area (Å²) in [6.45, 7) is 10.1. The molecule has 10 heteroatoms. The van der Waals surface area contributed by atoms with Gasteiger partial charge in [0.25, 0.3) is 0 Å². The minimum Gasteiger partial charge on any atom is -0.444 e. The van der Waals surface area contributed by atoms with Crippen LogP contribution in [0.2, 0.25) is 0 Å². The molecule has 174 valence electrons. The molecule has 0 bridgehead atoms. The van der Waals surface area contributed by atoms with Crippen molar-refractivity contribution in [3.05, 3.63) is 48.7 Å². The van der Waals surface area contributed by atoms with Crippen LogP contribution in [0.5, 0.6) is 5.75 Å². The lowest BCUT2D eigenvalue weighted by Crippen LogP contribution is -2.52. The number of pyridine rings is 1. The Bertz CT molecular complexity index is 1190. The smallest absolute Gasteiger partial charge is 0.444 e. The van der Waals surface area contributed by atoms with Crippen LogP contribution < -0.4 is 4.74 Å². The lowest BCUT2D eigenvalue weighted by Gasteiger charge is -2.40. The average Bonchev–Trinajstić information content (AvgIpc) is 3.04. The number of hydrogen-bond acceptors (Lipinski definition) is 5. The summed E-state index contributed by atoms with van der Waals surface area (Å²) in [7, 11) is 0. The summed E-state index contributed by atoms with van der Waals surface area (Å²) in [4.78, 5) is 18.4. The minimum absolute atomic E-state index is 0.107. The number of aromatic nitrogens is 3. The van der Waals surface area contributed by atoms with Gasteiger partial charge >= 0.3 is 12.5 Å². The van der Waals surface area contributed by atoms with E-state index >= 15 is 0 Å². The molecule has 0 spiro atoms. The van der Waals surface area contributed by atoms with Gasteiger partial charge < -0.3 is 14.4 Å². The fourth-order valence-corrected chi connectivity index (χ4v) is 3.61. The predicted octanol–water partition coefficient (Wildman–Crippen LogP) is 5.43. The van der Waals surface area contributed by atoms with E-state index in [0.717, 1.165) is 11.1 Å². The first-order chi connectivity index (χ1) is 15.4. The summed E-state index contributed by atoms with van der Waals surface area (Å²) >= 11 is 0. The number of carbonyl (C=O) groups is 1. The molecular formula is C23H23F3N4O3. The van der Waals surface area contributed by atoms with Gasteiger partial charge in [-0.3, -0.25) is 9.67 Å². The number of ether oxygens (including phenoxy) is 2. The summed E-state index contributed by atoms with van der Waals surface area (Å²) in [5.41, 5.74) is 2.66. The van der Waals surface area contributed by atoms with Crippen molar-refractivity contribution in [3.63, 3.8) is 0 Å². The Labute approximate surface area is 188 Å². The van der Waals surface area contributed by atoms with Gasteiger partial charge in [0, 0.05) is 30.4 Å². The molecule has 3 aromatic rings. The predicted molar refractivity (Wildman–Crippen MR) is 117 cm³/mol. The Kier molecular flexibility index (Phi) is 5.55. The maximum atomic E-state index is 12.5. The molecule has 1 fully saturated rings. The number of carbonyl (C=O) groups excluding carboxylic acids is 1. The lowest BCUT2D eigenvalue weighted by atomic mass is 10.1. The Hall–Kier alpha value is -3.56. The molecule has 1 aliphatic heterocycles. The van der Waals surface area contributed by atoms with Gasteiger partial charge in [-0.05, 0) is 51.1 Å². The van der Waals surface area contributed by atoms with Crippen molar-refractivity contribution in [1.29, 1.82) is 0 Å². The zero-order chi connectivity index (χ0) is 24.0. The second-order valence-corrected chi connectivity index (χ2v) is 8.71. The van der Waals surface area contributed by atoms with Gasteiger partial charge in [-0.2, -0.15) is 5.10 Å². The van der Waals surface area contributed by atoms with E-state index in [1.165, 1.54) is 24.3 Å². The number of hydrogen-bond donors (Lipinski definition) is 0. The zero-order valence-electron chi connectivity index (χ0n) is 18.4. The summed E-state index contributed by atoms with van der Waals surface area (Å²) in [5, 5.41) is 4.73. The molecule has 0 N–H and O–H groups in total. The lowest BCUT2D eigenvalue weighted by molar-refractivity contribution is -0.274. The van der Waals surface area contributed by atoms with Gasteiger partial charge in [0.1, 0.15) is 22.6 Å². The molecule has 1 saturated heterocycles. The molecule has 7 nitrogen and oxygen atoms in total. The molecule has 0 atom stereocenters. The number of fused-ring (bicyclic) bond motifs is 1. The number of alkyl halides is 3. The van der Waals surface area contributed by atoms with Gasteiger partial charge in [-0.1, -0.05) is 12.7 Å². The number of likely N-dealkylation sites (tertiary alicyclic amines) is 1. The van der Waals surface area contributed by atoms with Crippen LogP contribution in [0, 0.1) is 0 Å². The number of rotatable bonds is 4. The molecule has 0 aliphatic carbocycles. The van der Waals surface area contributed by atoms with E-state index in [2.05, 4.69) is 16.3 Å². The third-order valence-corrected chi connectivity index (χ3v) is 5.06. The molecule has 0 radical (unpaired) electrons. The van der Waals surface area contributed by atoms with E-state index < -0.39 is 18.1 Å². The van der Waals surface area contributed by atoms with Crippen LogP contribution in [0.4, 0.5) is 18.0 Å². The highest BCUT2D eigenvalue weighted by Gasteiger charge is 2.37. The quantitative estimate of drug-likeness (QED) is 0.519.